The Labute approximate surface area is 100 Å². The number of aromatic nitrogens is 2. The second kappa shape index (κ2) is 5.70. The molecule has 0 aromatic carbocycles. The zero-order chi connectivity index (χ0) is 11.4. The van der Waals surface area contributed by atoms with Crippen LogP contribution in [0.15, 0.2) is 0 Å². The Hall–Kier alpha value is -0.520. The van der Waals surface area contributed by atoms with Crippen LogP contribution in [0.3, 0.4) is 0 Å². The van der Waals surface area contributed by atoms with Gasteiger partial charge in [-0.2, -0.15) is 0 Å². The molecule has 0 amide bonds. The lowest BCUT2D eigenvalue weighted by Gasteiger charge is -2.19. The summed E-state index contributed by atoms with van der Waals surface area (Å²) in [6, 6.07) is 0.292. The van der Waals surface area contributed by atoms with Crippen molar-refractivity contribution in [1.29, 1.82) is 0 Å². The predicted octanol–water partition coefficient (Wildman–Crippen LogP) is 2.45. The Morgan fingerprint density at radius 3 is 3.06 bits per heavy atom. The monoisotopic (exact) mass is 241 g/mol. The zero-order valence-electron chi connectivity index (χ0n) is 9.90. The second-order valence-electron chi connectivity index (χ2n) is 4.11. The molecule has 2 unspecified atom stereocenters. The fourth-order valence-electron chi connectivity index (χ4n) is 1.88. The molecular formula is C11H19N3OS. The topological polar surface area (TPSA) is 47.0 Å². The number of ether oxygens (including phenoxy) is 1. The number of hydrogen-bond acceptors (Lipinski definition) is 5. The Balaban J connectivity index is 2.00. The minimum absolute atomic E-state index is 0.189. The fraction of sp³-hybridized carbons (Fsp3) is 0.818. The van der Waals surface area contributed by atoms with E-state index >= 15 is 0 Å². The molecule has 1 saturated heterocycles. The van der Waals surface area contributed by atoms with Gasteiger partial charge >= 0.3 is 0 Å². The van der Waals surface area contributed by atoms with Gasteiger partial charge in [0.2, 0.25) is 0 Å². The van der Waals surface area contributed by atoms with Gasteiger partial charge in [-0.1, -0.05) is 18.3 Å². The maximum Gasteiger partial charge on any atom is 0.146 e. The van der Waals surface area contributed by atoms with E-state index in [4.69, 9.17) is 4.74 Å². The summed E-state index contributed by atoms with van der Waals surface area (Å²) in [5.74, 6) is 0. The number of nitrogens with one attached hydrogen (secondary N) is 1. The molecule has 0 aliphatic carbocycles. The van der Waals surface area contributed by atoms with Crippen molar-refractivity contribution in [3.8, 4) is 0 Å². The lowest BCUT2D eigenvalue weighted by molar-refractivity contribution is 0.0144. The summed E-state index contributed by atoms with van der Waals surface area (Å²) < 4.78 is 5.70. The highest BCUT2D eigenvalue weighted by Gasteiger charge is 2.21. The van der Waals surface area contributed by atoms with Crippen molar-refractivity contribution in [3.05, 3.63) is 10.0 Å². The average Bonchev–Trinajstić information content (AvgIpc) is 2.80. The smallest absolute Gasteiger partial charge is 0.146 e. The first-order valence-electron chi connectivity index (χ1n) is 5.99. The highest BCUT2D eigenvalue weighted by molar-refractivity contribution is 7.11. The molecular weight excluding hydrogens is 222 g/mol. The van der Waals surface area contributed by atoms with E-state index in [9.17, 15) is 0 Å². The van der Waals surface area contributed by atoms with Crippen LogP contribution in [0, 0.1) is 0 Å². The normalized spacial score (nSPS) is 23.2. The maximum atomic E-state index is 5.70. The van der Waals surface area contributed by atoms with E-state index in [1.165, 1.54) is 12.8 Å². The maximum absolute atomic E-state index is 5.70. The Morgan fingerprint density at radius 2 is 2.38 bits per heavy atom. The van der Waals surface area contributed by atoms with Crippen molar-refractivity contribution >= 4 is 11.3 Å². The molecule has 16 heavy (non-hydrogen) atoms. The SMILES string of the molecule is CCNC(C)c1nnc(C2CCCCO2)s1. The van der Waals surface area contributed by atoms with Crippen molar-refractivity contribution in [2.24, 2.45) is 0 Å². The first kappa shape index (κ1) is 12.0. The van der Waals surface area contributed by atoms with E-state index in [0.717, 1.165) is 29.6 Å². The van der Waals surface area contributed by atoms with Crippen LogP contribution >= 0.6 is 11.3 Å². The third-order valence-corrected chi connectivity index (χ3v) is 3.99. The van der Waals surface area contributed by atoms with E-state index in [2.05, 4.69) is 29.4 Å². The van der Waals surface area contributed by atoms with Crippen LogP contribution in [0.5, 0.6) is 0 Å². The highest BCUT2D eigenvalue weighted by atomic mass is 32.1. The standard InChI is InChI=1S/C11H19N3OS/c1-3-12-8(2)10-13-14-11(16-10)9-6-4-5-7-15-9/h8-9,12H,3-7H2,1-2H3. The van der Waals surface area contributed by atoms with Gasteiger partial charge in [0, 0.05) is 6.61 Å². The van der Waals surface area contributed by atoms with Crippen molar-refractivity contribution in [1.82, 2.24) is 15.5 Å². The molecule has 1 fully saturated rings. The van der Waals surface area contributed by atoms with E-state index < -0.39 is 0 Å². The Bertz CT molecular complexity index is 323. The van der Waals surface area contributed by atoms with Crippen LogP contribution in [0.2, 0.25) is 0 Å². The molecule has 0 saturated carbocycles. The first-order chi connectivity index (χ1) is 7.81. The lowest BCUT2D eigenvalue weighted by atomic mass is 10.1. The second-order valence-corrected chi connectivity index (χ2v) is 5.15. The summed E-state index contributed by atoms with van der Waals surface area (Å²) in [6.45, 7) is 6.04. The van der Waals surface area contributed by atoms with Crippen LogP contribution in [0.25, 0.3) is 0 Å². The zero-order valence-corrected chi connectivity index (χ0v) is 10.7. The first-order valence-corrected chi connectivity index (χ1v) is 6.81. The third-order valence-electron chi connectivity index (χ3n) is 2.79. The van der Waals surface area contributed by atoms with Gasteiger partial charge in [0.05, 0.1) is 6.04 Å². The summed E-state index contributed by atoms with van der Waals surface area (Å²) in [6.07, 6.45) is 3.69. The molecule has 2 heterocycles. The third kappa shape index (κ3) is 2.78. The Morgan fingerprint density at radius 1 is 1.50 bits per heavy atom. The van der Waals surface area contributed by atoms with Crippen LogP contribution in [0.1, 0.15) is 55.3 Å². The Kier molecular flexibility index (Phi) is 4.26. The van der Waals surface area contributed by atoms with E-state index in [1.54, 1.807) is 11.3 Å². The molecule has 1 N–H and O–H groups in total. The summed E-state index contributed by atoms with van der Waals surface area (Å²) in [7, 11) is 0. The van der Waals surface area contributed by atoms with Crippen LogP contribution in [-0.2, 0) is 4.74 Å². The summed E-state index contributed by atoms with van der Waals surface area (Å²) >= 11 is 1.68. The molecule has 2 rings (SSSR count). The molecule has 1 aliphatic heterocycles. The minimum atomic E-state index is 0.189. The van der Waals surface area contributed by atoms with Crippen molar-refractivity contribution in [2.45, 2.75) is 45.3 Å². The summed E-state index contributed by atoms with van der Waals surface area (Å²) in [5.41, 5.74) is 0. The van der Waals surface area contributed by atoms with Gasteiger partial charge in [0.25, 0.3) is 0 Å². The molecule has 1 aromatic heterocycles. The molecule has 0 bridgehead atoms. The van der Waals surface area contributed by atoms with E-state index in [1.807, 2.05) is 0 Å². The van der Waals surface area contributed by atoms with Crippen molar-refractivity contribution in [2.75, 3.05) is 13.2 Å². The van der Waals surface area contributed by atoms with E-state index in [-0.39, 0.29) is 6.10 Å². The molecule has 4 nitrogen and oxygen atoms in total. The van der Waals surface area contributed by atoms with Gasteiger partial charge in [0.15, 0.2) is 0 Å². The van der Waals surface area contributed by atoms with Gasteiger partial charge in [-0.25, -0.2) is 0 Å². The van der Waals surface area contributed by atoms with Crippen LogP contribution < -0.4 is 5.32 Å². The molecule has 2 atom stereocenters. The van der Waals surface area contributed by atoms with Crippen LogP contribution in [-0.4, -0.2) is 23.3 Å². The van der Waals surface area contributed by atoms with Crippen molar-refractivity contribution in [3.63, 3.8) is 0 Å². The minimum Gasteiger partial charge on any atom is -0.371 e. The highest BCUT2D eigenvalue weighted by Crippen LogP contribution is 2.31. The number of nitrogens with zero attached hydrogens (tertiary/aromatic N) is 2. The molecule has 0 radical (unpaired) electrons. The molecule has 1 aliphatic rings. The summed E-state index contributed by atoms with van der Waals surface area (Å²) in [5, 5.41) is 13.9. The number of rotatable bonds is 4. The lowest BCUT2D eigenvalue weighted by Crippen LogP contribution is -2.17. The molecule has 5 heteroatoms. The van der Waals surface area contributed by atoms with Crippen LogP contribution in [0.4, 0.5) is 0 Å². The van der Waals surface area contributed by atoms with Gasteiger partial charge in [-0.3, -0.25) is 0 Å². The fourth-order valence-corrected chi connectivity index (χ4v) is 2.84. The summed E-state index contributed by atoms with van der Waals surface area (Å²) in [4.78, 5) is 0. The van der Waals surface area contributed by atoms with E-state index in [0.29, 0.717) is 6.04 Å². The predicted molar refractivity (Wildman–Crippen MR) is 64.5 cm³/mol. The van der Waals surface area contributed by atoms with Gasteiger partial charge in [-0.15, -0.1) is 10.2 Å². The largest absolute Gasteiger partial charge is 0.371 e. The quantitative estimate of drug-likeness (QED) is 0.879. The van der Waals surface area contributed by atoms with Gasteiger partial charge < -0.3 is 10.1 Å². The molecule has 0 spiro atoms. The van der Waals surface area contributed by atoms with Gasteiger partial charge in [0.1, 0.15) is 16.1 Å². The van der Waals surface area contributed by atoms with Gasteiger partial charge in [-0.05, 0) is 32.7 Å². The molecule has 90 valence electrons. The average molecular weight is 241 g/mol. The number of hydrogen-bond donors (Lipinski definition) is 1. The molecule has 1 aromatic rings. The van der Waals surface area contributed by atoms with Crippen molar-refractivity contribution < 1.29 is 4.74 Å².